The lowest BCUT2D eigenvalue weighted by atomic mass is 9.79. The first-order valence-corrected chi connectivity index (χ1v) is 5.55. The van der Waals surface area contributed by atoms with Crippen molar-refractivity contribution in [3.8, 4) is 0 Å². The molecular weight excluding hydrogens is 176 g/mol. The van der Waals surface area contributed by atoms with Crippen LogP contribution in [0, 0.1) is 11.8 Å². The van der Waals surface area contributed by atoms with Gasteiger partial charge in [0.15, 0.2) is 0 Å². The molecule has 1 fully saturated rings. The minimum atomic E-state index is 0.165. The maximum atomic E-state index is 11.9. The molecule has 3 nitrogen and oxygen atoms in total. The van der Waals surface area contributed by atoms with Gasteiger partial charge in [0.25, 0.3) is 0 Å². The zero-order valence-electron chi connectivity index (χ0n) is 9.49. The van der Waals surface area contributed by atoms with Gasteiger partial charge in [0.05, 0.1) is 0 Å². The molecule has 0 aromatic heterocycles. The fourth-order valence-corrected chi connectivity index (χ4v) is 2.33. The fourth-order valence-electron chi connectivity index (χ4n) is 2.33. The lowest BCUT2D eigenvalue weighted by Gasteiger charge is -2.32. The Hall–Kier alpha value is -0.570. The standard InChI is InChI=1S/C11H22N2O/c1-4-13(3)11(14)9-5-8(2)6-10(12)7-9/h8-10H,4-7,12H2,1-3H3. The molecule has 0 radical (unpaired) electrons. The van der Waals surface area contributed by atoms with Crippen LogP contribution in [0.4, 0.5) is 0 Å². The third kappa shape index (κ3) is 2.71. The van der Waals surface area contributed by atoms with Crippen molar-refractivity contribution >= 4 is 5.91 Å². The van der Waals surface area contributed by atoms with E-state index in [2.05, 4.69) is 6.92 Å². The van der Waals surface area contributed by atoms with E-state index >= 15 is 0 Å². The zero-order valence-corrected chi connectivity index (χ0v) is 9.49. The molecule has 3 heteroatoms. The average molecular weight is 198 g/mol. The second-order valence-corrected chi connectivity index (χ2v) is 4.62. The summed E-state index contributed by atoms with van der Waals surface area (Å²) in [4.78, 5) is 13.7. The molecule has 82 valence electrons. The Morgan fingerprint density at radius 2 is 2.07 bits per heavy atom. The molecule has 1 aliphatic carbocycles. The highest BCUT2D eigenvalue weighted by molar-refractivity contribution is 5.78. The maximum absolute atomic E-state index is 11.9. The number of hydrogen-bond acceptors (Lipinski definition) is 2. The predicted molar refractivity (Wildman–Crippen MR) is 57.8 cm³/mol. The molecule has 1 rings (SSSR count). The largest absolute Gasteiger partial charge is 0.346 e. The van der Waals surface area contributed by atoms with Crippen LogP contribution in [0.15, 0.2) is 0 Å². The van der Waals surface area contributed by atoms with E-state index in [0.717, 1.165) is 25.8 Å². The molecule has 2 N–H and O–H groups in total. The van der Waals surface area contributed by atoms with E-state index < -0.39 is 0 Å². The topological polar surface area (TPSA) is 46.3 Å². The summed E-state index contributed by atoms with van der Waals surface area (Å²) in [6.07, 6.45) is 2.95. The smallest absolute Gasteiger partial charge is 0.225 e. The van der Waals surface area contributed by atoms with Crippen LogP contribution in [-0.4, -0.2) is 30.4 Å². The van der Waals surface area contributed by atoms with Crippen molar-refractivity contribution in [3.05, 3.63) is 0 Å². The summed E-state index contributed by atoms with van der Waals surface area (Å²) >= 11 is 0. The van der Waals surface area contributed by atoms with E-state index in [4.69, 9.17) is 5.73 Å². The number of carbonyl (C=O) groups excluding carboxylic acids is 1. The van der Waals surface area contributed by atoms with Gasteiger partial charge in [0.2, 0.25) is 5.91 Å². The number of hydrogen-bond donors (Lipinski definition) is 1. The van der Waals surface area contributed by atoms with Crippen LogP contribution >= 0.6 is 0 Å². The van der Waals surface area contributed by atoms with Crippen LogP contribution in [0.3, 0.4) is 0 Å². The van der Waals surface area contributed by atoms with E-state index in [1.165, 1.54) is 0 Å². The molecule has 3 unspecified atom stereocenters. The van der Waals surface area contributed by atoms with Crippen molar-refractivity contribution < 1.29 is 4.79 Å². The summed E-state index contributed by atoms with van der Waals surface area (Å²) in [6, 6.07) is 0.220. The first kappa shape index (κ1) is 11.5. The number of carbonyl (C=O) groups is 1. The normalized spacial score (nSPS) is 32.7. The fraction of sp³-hybridized carbons (Fsp3) is 0.909. The van der Waals surface area contributed by atoms with Gasteiger partial charge in [-0.25, -0.2) is 0 Å². The van der Waals surface area contributed by atoms with Crippen LogP contribution in [0.5, 0.6) is 0 Å². The Bertz CT molecular complexity index is 195. The number of nitrogens with zero attached hydrogens (tertiary/aromatic N) is 1. The Morgan fingerprint density at radius 3 is 2.57 bits per heavy atom. The highest BCUT2D eigenvalue weighted by Crippen LogP contribution is 2.29. The second kappa shape index (κ2) is 4.78. The van der Waals surface area contributed by atoms with Gasteiger partial charge in [0, 0.05) is 25.6 Å². The van der Waals surface area contributed by atoms with Gasteiger partial charge < -0.3 is 10.6 Å². The molecule has 0 bridgehead atoms. The van der Waals surface area contributed by atoms with Crippen LogP contribution in [0.1, 0.15) is 33.1 Å². The maximum Gasteiger partial charge on any atom is 0.225 e. The molecular formula is C11H22N2O. The monoisotopic (exact) mass is 198 g/mol. The van der Waals surface area contributed by atoms with E-state index in [-0.39, 0.29) is 17.9 Å². The third-order valence-electron chi connectivity index (χ3n) is 3.18. The van der Waals surface area contributed by atoms with Gasteiger partial charge in [-0.05, 0) is 32.1 Å². The van der Waals surface area contributed by atoms with Crippen molar-refractivity contribution in [3.63, 3.8) is 0 Å². The molecule has 1 amide bonds. The Morgan fingerprint density at radius 1 is 1.43 bits per heavy atom. The van der Waals surface area contributed by atoms with Crippen LogP contribution in [-0.2, 0) is 4.79 Å². The van der Waals surface area contributed by atoms with E-state index in [1.54, 1.807) is 4.90 Å². The van der Waals surface area contributed by atoms with Gasteiger partial charge >= 0.3 is 0 Å². The highest BCUT2D eigenvalue weighted by atomic mass is 16.2. The SMILES string of the molecule is CCN(C)C(=O)C1CC(C)CC(N)C1. The van der Waals surface area contributed by atoms with Crippen LogP contribution < -0.4 is 5.73 Å². The van der Waals surface area contributed by atoms with Gasteiger partial charge in [-0.3, -0.25) is 4.79 Å². The minimum Gasteiger partial charge on any atom is -0.346 e. The molecule has 0 spiro atoms. The molecule has 14 heavy (non-hydrogen) atoms. The van der Waals surface area contributed by atoms with Crippen molar-refractivity contribution in [1.29, 1.82) is 0 Å². The van der Waals surface area contributed by atoms with Crippen molar-refractivity contribution in [2.24, 2.45) is 17.6 Å². The quantitative estimate of drug-likeness (QED) is 0.725. The number of rotatable bonds is 2. The lowest BCUT2D eigenvalue weighted by molar-refractivity contribution is -0.135. The van der Waals surface area contributed by atoms with Gasteiger partial charge in [0.1, 0.15) is 0 Å². The van der Waals surface area contributed by atoms with Crippen molar-refractivity contribution in [2.45, 2.75) is 39.2 Å². The van der Waals surface area contributed by atoms with Crippen molar-refractivity contribution in [1.82, 2.24) is 4.90 Å². The summed E-state index contributed by atoms with van der Waals surface area (Å²) in [5.41, 5.74) is 5.92. The van der Waals surface area contributed by atoms with Gasteiger partial charge in [-0.15, -0.1) is 0 Å². The summed E-state index contributed by atoms with van der Waals surface area (Å²) < 4.78 is 0. The summed E-state index contributed by atoms with van der Waals surface area (Å²) in [5.74, 6) is 1.03. The first-order valence-electron chi connectivity index (χ1n) is 5.55. The minimum absolute atomic E-state index is 0.165. The van der Waals surface area contributed by atoms with E-state index in [1.807, 2.05) is 14.0 Å². The molecule has 1 aliphatic rings. The van der Waals surface area contributed by atoms with Crippen LogP contribution in [0.2, 0.25) is 0 Å². The molecule has 0 saturated heterocycles. The van der Waals surface area contributed by atoms with E-state index in [0.29, 0.717) is 5.92 Å². The Kier molecular flexibility index (Phi) is 3.93. The molecule has 0 heterocycles. The van der Waals surface area contributed by atoms with Gasteiger partial charge in [-0.1, -0.05) is 6.92 Å². The number of amides is 1. The van der Waals surface area contributed by atoms with E-state index in [9.17, 15) is 4.79 Å². The molecule has 3 atom stereocenters. The highest BCUT2D eigenvalue weighted by Gasteiger charge is 2.30. The molecule has 0 aliphatic heterocycles. The number of nitrogens with two attached hydrogens (primary N) is 1. The van der Waals surface area contributed by atoms with Gasteiger partial charge in [-0.2, -0.15) is 0 Å². The molecule has 1 saturated carbocycles. The summed E-state index contributed by atoms with van der Waals surface area (Å²) in [6.45, 7) is 4.98. The van der Waals surface area contributed by atoms with Crippen molar-refractivity contribution in [2.75, 3.05) is 13.6 Å². The third-order valence-corrected chi connectivity index (χ3v) is 3.18. The first-order chi connectivity index (χ1) is 6.54. The van der Waals surface area contributed by atoms with Crippen LogP contribution in [0.25, 0.3) is 0 Å². The zero-order chi connectivity index (χ0) is 10.7. The molecule has 0 aromatic carbocycles. The Labute approximate surface area is 86.6 Å². The average Bonchev–Trinajstić information content (AvgIpc) is 2.14. The summed E-state index contributed by atoms with van der Waals surface area (Å²) in [7, 11) is 1.87. The summed E-state index contributed by atoms with van der Waals surface area (Å²) in [5, 5.41) is 0. The lowest BCUT2D eigenvalue weighted by Crippen LogP contribution is -2.40. The second-order valence-electron chi connectivity index (χ2n) is 4.62. The molecule has 0 aromatic rings. The predicted octanol–water partition coefficient (Wildman–Crippen LogP) is 1.23. The Balaban J connectivity index is 2.54.